The Labute approximate surface area is 346 Å². The van der Waals surface area contributed by atoms with Gasteiger partial charge < -0.3 is 25.0 Å². The third kappa shape index (κ3) is 9.33. The number of carbonyl (C=O) groups is 4. The van der Waals surface area contributed by atoms with Gasteiger partial charge in [-0.3, -0.25) is 19.1 Å². The van der Waals surface area contributed by atoms with E-state index in [2.05, 4.69) is 26.9 Å². The van der Waals surface area contributed by atoms with Crippen molar-refractivity contribution in [2.75, 3.05) is 6.54 Å². The molecule has 1 saturated heterocycles. The first-order valence-electron chi connectivity index (χ1n) is 19.6. The topological polar surface area (TPSA) is 199 Å². The van der Waals surface area contributed by atoms with Crippen molar-refractivity contribution in [3.05, 3.63) is 60.6 Å². The second kappa shape index (κ2) is 17.0. The largest absolute Gasteiger partial charge is 0.472 e. The molecule has 3 heterocycles. The average molecular weight is 852 g/mol. The number of carbonyl (C=O) groups excluding carboxylic acids is 4. The number of nitrogens with one attached hydrogen (secondary N) is 3. The highest BCUT2D eigenvalue weighted by Crippen LogP contribution is 2.41. The molecule has 1 aromatic carbocycles. The lowest BCUT2D eigenvalue weighted by atomic mass is 9.66. The van der Waals surface area contributed by atoms with Crippen LogP contribution in [0.25, 0.3) is 11.4 Å². The van der Waals surface area contributed by atoms with Crippen molar-refractivity contribution < 1.29 is 37.1 Å². The molecule has 3 aliphatic carbocycles. The molecule has 2 aromatic heterocycles. The second-order valence-corrected chi connectivity index (χ2v) is 20.5. The van der Waals surface area contributed by atoms with Crippen LogP contribution in [-0.2, 0) is 29.1 Å². The molecule has 7 rings (SSSR count). The first-order valence-corrected chi connectivity index (χ1v) is 22.9. The maximum atomic E-state index is 14.7. The maximum absolute atomic E-state index is 14.7. The van der Waals surface area contributed by atoms with E-state index in [-0.39, 0.29) is 31.4 Å². The zero-order valence-corrected chi connectivity index (χ0v) is 35.2. The summed E-state index contributed by atoms with van der Waals surface area (Å²) in [5.41, 5.74) is -1.66. The SMILES string of the molecule is C=CC1CC[C@]1(NC(=O)[C@@H]1C[C@@H](Oc2cc(Sc3nccs3)nc(-c3ccccc3)n2)CN1C(=O)[C@@H](NC(=O)OC1CCCC1)C(C)(C)C)C(=O)NS(=O)(=O)C1CC1. The Kier molecular flexibility index (Phi) is 12.2. The molecule has 4 aliphatic rings. The molecule has 58 heavy (non-hydrogen) atoms. The van der Waals surface area contributed by atoms with E-state index in [1.807, 2.05) is 35.7 Å². The first kappa shape index (κ1) is 41.6. The van der Waals surface area contributed by atoms with Crippen molar-refractivity contribution in [3.63, 3.8) is 0 Å². The molecular formula is C40H49N7O8S3. The normalized spacial score (nSPS) is 24.0. The quantitative estimate of drug-likeness (QED) is 0.141. The minimum atomic E-state index is -3.93. The van der Waals surface area contributed by atoms with E-state index in [4.69, 9.17) is 19.4 Å². The molecule has 3 N–H and O–H groups in total. The molecule has 0 bridgehead atoms. The van der Waals surface area contributed by atoms with Gasteiger partial charge in [-0.2, -0.15) is 4.98 Å². The van der Waals surface area contributed by atoms with Gasteiger partial charge in [0.15, 0.2) is 10.2 Å². The van der Waals surface area contributed by atoms with Crippen LogP contribution in [0.2, 0.25) is 0 Å². The maximum Gasteiger partial charge on any atom is 0.408 e. The Balaban J connectivity index is 1.18. The van der Waals surface area contributed by atoms with Crippen molar-refractivity contribution in [1.29, 1.82) is 0 Å². The van der Waals surface area contributed by atoms with E-state index in [1.54, 1.807) is 33.0 Å². The number of benzene rings is 1. The summed E-state index contributed by atoms with van der Waals surface area (Å²) >= 11 is 2.81. The predicted molar refractivity (Wildman–Crippen MR) is 217 cm³/mol. The van der Waals surface area contributed by atoms with Crippen LogP contribution in [0.1, 0.15) is 78.6 Å². The molecule has 15 nitrogen and oxygen atoms in total. The molecule has 3 saturated carbocycles. The summed E-state index contributed by atoms with van der Waals surface area (Å²) in [5, 5.41) is 7.45. The van der Waals surface area contributed by atoms with E-state index in [9.17, 15) is 27.6 Å². The Morgan fingerprint density at radius 1 is 1.05 bits per heavy atom. The van der Waals surface area contributed by atoms with Crippen molar-refractivity contribution in [1.82, 2.24) is 35.2 Å². The van der Waals surface area contributed by atoms with Crippen LogP contribution in [0.15, 0.2) is 70.0 Å². The highest BCUT2D eigenvalue weighted by atomic mass is 32.2. The number of alkyl carbamates (subject to hydrolysis) is 1. The monoisotopic (exact) mass is 851 g/mol. The summed E-state index contributed by atoms with van der Waals surface area (Å²) in [5.74, 6) is -1.98. The van der Waals surface area contributed by atoms with E-state index >= 15 is 0 Å². The fraction of sp³-hybridized carbons (Fsp3) is 0.525. The van der Waals surface area contributed by atoms with Crippen LogP contribution in [0.3, 0.4) is 0 Å². The number of amides is 4. The van der Waals surface area contributed by atoms with E-state index < -0.39 is 74.1 Å². The summed E-state index contributed by atoms with van der Waals surface area (Å²) < 4.78 is 40.9. The van der Waals surface area contributed by atoms with E-state index in [0.29, 0.717) is 30.1 Å². The number of thiazole rings is 1. The van der Waals surface area contributed by atoms with Crippen molar-refractivity contribution >= 4 is 56.9 Å². The smallest absolute Gasteiger partial charge is 0.408 e. The van der Waals surface area contributed by atoms with Crippen molar-refractivity contribution in [2.45, 2.75) is 123 Å². The highest BCUT2D eigenvalue weighted by molar-refractivity contribution is 8.01. The lowest BCUT2D eigenvalue weighted by Gasteiger charge is -2.47. The third-order valence-corrected chi connectivity index (χ3v) is 14.7. The van der Waals surface area contributed by atoms with Crippen LogP contribution >= 0.6 is 23.1 Å². The van der Waals surface area contributed by atoms with Gasteiger partial charge >= 0.3 is 6.09 Å². The first-order chi connectivity index (χ1) is 27.6. The number of likely N-dealkylation sites (tertiary alicyclic amines) is 1. The van der Waals surface area contributed by atoms with Crippen molar-refractivity contribution in [2.24, 2.45) is 11.3 Å². The number of hydrogen-bond donors (Lipinski definition) is 3. The van der Waals surface area contributed by atoms with Crippen LogP contribution < -0.4 is 20.1 Å². The molecule has 0 spiro atoms. The molecule has 1 aliphatic heterocycles. The standard InChI is InChI=1S/C40H49N7O8S3/c1-5-25-17-18-40(25,36(50)46-58(52,53)28-15-16-28)45-34(48)29-21-27(23-47(29)35(49)32(39(2,3)4)44-37(51)55-26-13-9-10-14-26)54-30-22-31(57-38-41-19-20-56-38)43-33(42-30)24-11-7-6-8-12-24/h5-8,11-12,19-20,22,25-29,32H,1,9-10,13-18,21,23H2,2-4H3,(H,44,51)(H,45,48)(H,46,50)/t25?,27-,29+,32-,40-/m1/s1. The summed E-state index contributed by atoms with van der Waals surface area (Å²) in [6, 6.07) is 8.79. The van der Waals surface area contributed by atoms with Gasteiger partial charge in [0.25, 0.3) is 5.91 Å². The molecule has 4 fully saturated rings. The van der Waals surface area contributed by atoms with Gasteiger partial charge in [0.1, 0.15) is 34.9 Å². The van der Waals surface area contributed by atoms with Crippen LogP contribution in [-0.4, -0.2) is 93.7 Å². The highest BCUT2D eigenvalue weighted by Gasteiger charge is 2.56. The second-order valence-electron chi connectivity index (χ2n) is 16.4. The Hall–Kier alpha value is -4.55. The molecule has 0 radical (unpaired) electrons. The summed E-state index contributed by atoms with van der Waals surface area (Å²) in [6.07, 6.45) is 6.49. The molecule has 5 atom stereocenters. The van der Waals surface area contributed by atoms with Gasteiger partial charge in [-0.25, -0.2) is 23.2 Å². The minimum Gasteiger partial charge on any atom is -0.472 e. The number of nitrogens with zero attached hydrogens (tertiary/aromatic N) is 4. The molecule has 4 amide bonds. The number of aromatic nitrogens is 3. The third-order valence-electron chi connectivity index (χ3n) is 11.1. The summed E-state index contributed by atoms with van der Waals surface area (Å²) in [6.45, 7) is 9.20. The molecule has 1 unspecified atom stereocenters. The fourth-order valence-corrected chi connectivity index (χ4v) is 10.6. The lowest BCUT2D eigenvalue weighted by molar-refractivity contribution is -0.145. The van der Waals surface area contributed by atoms with E-state index in [1.165, 1.54) is 34.1 Å². The van der Waals surface area contributed by atoms with Crippen molar-refractivity contribution in [3.8, 4) is 17.3 Å². The molecule has 3 aromatic rings. The summed E-state index contributed by atoms with van der Waals surface area (Å²) in [4.78, 5) is 71.5. The number of hydrogen-bond acceptors (Lipinski definition) is 13. The fourth-order valence-electron chi connectivity index (χ4n) is 7.65. The van der Waals surface area contributed by atoms with Gasteiger partial charge in [-0.15, -0.1) is 17.9 Å². The molecule has 18 heteroatoms. The Morgan fingerprint density at radius 2 is 1.79 bits per heavy atom. The van der Waals surface area contributed by atoms with Gasteiger partial charge in [0.2, 0.25) is 27.7 Å². The van der Waals surface area contributed by atoms with Gasteiger partial charge in [-0.1, -0.05) is 57.2 Å². The number of rotatable bonds is 14. The van der Waals surface area contributed by atoms with Crippen LogP contribution in [0.4, 0.5) is 4.79 Å². The predicted octanol–water partition coefficient (Wildman–Crippen LogP) is 5.24. The number of sulfonamides is 1. The zero-order valence-electron chi connectivity index (χ0n) is 32.7. The minimum absolute atomic E-state index is 0.00257. The Morgan fingerprint density at radius 3 is 2.41 bits per heavy atom. The zero-order chi connectivity index (χ0) is 41.2. The van der Waals surface area contributed by atoms with Crippen LogP contribution in [0, 0.1) is 11.3 Å². The van der Waals surface area contributed by atoms with Gasteiger partial charge in [0, 0.05) is 35.5 Å². The molecular weight excluding hydrogens is 803 g/mol. The van der Waals surface area contributed by atoms with Gasteiger partial charge in [-0.05, 0) is 68.5 Å². The van der Waals surface area contributed by atoms with Crippen LogP contribution in [0.5, 0.6) is 5.88 Å². The molecule has 310 valence electrons. The van der Waals surface area contributed by atoms with E-state index in [0.717, 1.165) is 35.6 Å². The summed E-state index contributed by atoms with van der Waals surface area (Å²) in [7, 11) is -3.93. The van der Waals surface area contributed by atoms with Gasteiger partial charge in [0.05, 0.1) is 11.8 Å². The average Bonchev–Trinajstić information content (AvgIpc) is 3.47. The number of ether oxygens (including phenoxy) is 2. The Bertz CT molecular complexity index is 2120. The lowest BCUT2D eigenvalue weighted by Crippen LogP contribution is -2.70.